The van der Waals surface area contributed by atoms with Crippen molar-refractivity contribution in [1.29, 1.82) is 0 Å². The van der Waals surface area contributed by atoms with Gasteiger partial charge in [-0.3, -0.25) is 0 Å². The number of phenols is 1. The zero-order valence-electron chi connectivity index (χ0n) is 9.52. The Morgan fingerprint density at radius 3 is 1.68 bits per heavy atom. The molecule has 0 saturated heterocycles. The van der Waals surface area contributed by atoms with E-state index in [0.29, 0.717) is 15.4 Å². The second-order valence-electron chi connectivity index (χ2n) is 3.78. The average Bonchev–Trinajstić information content (AvgIpc) is 2.38. The summed E-state index contributed by atoms with van der Waals surface area (Å²) in [5.74, 6) is 0.132. The quantitative estimate of drug-likeness (QED) is 0.827. The van der Waals surface area contributed by atoms with Crippen molar-refractivity contribution in [2.45, 2.75) is 13.6 Å². The van der Waals surface area contributed by atoms with Gasteiger partial charge in [-0.2, -0.15) is 0 Å². The molecule has 1 unspecified atom stereocenters. The van der Waals surface area contributed by atoms with Crippen LogP contribution in [0.3, 0.4) is 0 Å². The average molecular weight is 336 g/mol. The van der Waals surface area contributed by atoms with Gasteiger partial charge in [-0.1, -0.05) is 46.9 Å². The fourth-order valence-electron chi connectivity index (χ4n) is 1.47. The van der Waals surface area contributed by atoms with Gasteiger partial charge in [0, 0.05) is 15.4 Å². The Balaban J connectivity index is 2.27. The molecule has 2 nitrogen and oxygen atoms in total. The molecule has 0 aliphatic carbocycles. The van der Waals surface area contributed by atoms with Crippen LogP contribution in [-0.4, -0.2) is 9.32 Å². The van der Waals surface area contributed by atoms with E-state index in [1.54, 1.807) is 36.4 Å². The molecule has 0 radical (unpaired) electrons. The molecule has 0 fully saturated rings. The first-order valence-electron chi connectivity index (χ1n) is 5.26. The number of rotatable bonds is 2. The van der Waals surface area contributed by atoms with E-state index in [-0.39, 0.29) is 5.75 Å². The van der Waals surface area contributed by atoms with E-state index in [2.05, 4.69) is 0 Å². The highest BCUT2D eigenvalue weighted by Gasteiger charge is 2.22. The number of phenolic OH excluding ortho intramolecular Hbond substituents is 1. The number of alkyl halides is 3. The minimum atomic E-state index is -1.49. The van der Waals surface area contributed by atoms with Gasteiger partial charge in [-0.25, -0.2) is 4.21 Å². The molecule has 2 aromatic carbocycles. The summed E-state index contributed by atoms with van der Waals surface area (Å²) in [5.41, 5.74) is 0.518. The molecule has 0 spiro atoms. The van der Waals surface area contributed by atoms with E-state index in [4.69, 9.17) is 34.8 Å². The van der Waals surface area contributed by atoms with Crippen molar-refractivity contribution in [2.24, 2.45) is 0 Å². The lowest BCUT2D eigenvalue weighted by Gasteiger charge is -2.11. The number of hydrogen-bond acceptors (Lipinski definition) is 2. The first-order chi connectivity index (χ1) is 8.88. The van der Waals surface area contributed by atoms with Crippen LogP contribution in [-0.2, 0) is 14.6 Å². The fourth-order valence-corrected chi connectivity index (χ4v) is 2.89. The highest BCUT2D eigenvalue weighted by Crippen LogP contribution is 2.38. The Morgan fingerprint density at radius 2 is 1.26 bits per heavy atom. The van der Waals surface area contributed by atoms with Crippen molar-refractivity contribution < 1.29 is 9.32 Å². The van der Waals surface area contributed by atoms with Crippen LogP contribution in [0, 0.1) is 0 Å². The van der Waals surface area contributed by atoms with E-state index in [9.17, 15) is 9.32 Å². The van der Waals surface area contributed by atoms with Gasteiger partial charge in [-0.05, 0) is 36.4 Å². The molecular weight excluding hydrogens is 327 g/mol. The standard InChI is InChI=1S/C13H9Cl3O2S/c14-13(15,16)9-1-5-11(6-2-9)19(18)12-7-3-10(17)4-8-12/h1-8,17H. The van der Waals surface area contributed by atoms with Crippen molar-refractivity contribution in [2.75, 3.05) is 0 Å². The number of aromatic hydroxyl groups is 1. The number of hydrogen-bond donors (Lipinski definition) is 1. The highest BCUT2D eigenvalue weighted by molar-refractivity contribution is 7.85. The van der Waals surface area contributed by atoms with Crippen molar-refractivity contribution in [3.8, 4) is 5.75 Å². The zero-order valence-corrected chi connectivity index (χ0v) is 12.6. The van der Waals surface area contributed by atoms with Gasteiger partial charge in [0.2, 0.25) is 3.79 Å². The summed E-state index contributed by atoms with van der Waals surface area (Å²) >= 11 is 17.3. The molecule has 0 aromatic heterocycles. The maximum Gasteiger partial charge on any atom is 0.216 e. The predicted octanol–water partition coefficient (Wildman–Crippen LogP) is 4.39. The van der Waals surface area contributed by atoms with Crippen molar-refractivity contribution in [1.82, 2.24) is 0 Å². The SMILES string of the molecule is O=S(c1ccc(O)cc1)c1ccc(C(Cl)(Cl)Cl)cc1. The lowest BCUT2D eigenvalue weighted by molar-refractivity contribution is 0.475. The molecule has 19 heavy (non-hydrogen) atoms. The Morgan fingerprint density at radius 1 is 0.842 bits per heavy atom. The first kappa shape index (κ1) is 14.7. The van der Waals surface area contributed by atoms with E-state index in [1.807, 2.05) is 0 Å². The van der Waals surface area contributed by atoms with Crippen LogP contribution >= 0.6 is 34.8 Å². The maximum absolute atomic E-state index is 12.2. The predicted molar refractivity (Wildman–Crippen MR) is 78.5 cm³/mol. The highest BCUT2D eigenvalue weighted by atomic mass is 35.6. The topological polar surface area (TPSA) is 37.3 Å². The third-order valence-electron chi connectivity index (χ3n) is 2.45. The van der Waals surface area contributed by atoms with Gasteiger partial charge in [0.05, 0.1) is 10.8 Å². The number of halogens is 3. The summed E-state index contributed by atoms with van der Waals surface area (Å²) in [5, 5.41) is 9.19. The maximum atomic E-state index is 12.2. The Bertz CT molecular complexity index is 589. The summed E-state index contributed by atoms with van der Waals surface area (Å²) in [6, 6.07) is 12.7. The molecule has 0 aliphatic rings. The molecule has 0 bridgehead atoms. The third-order valence-corrected chi connectivity index (χ3v) is 4.50. The molecule has 0 aliphatic heterocycles. The van der Waals surface area contributed by atoms with Crippen LogP contribution in [0.2, 0.25) is 0 Å². The molecule has 0 saturated carbocycles. The van der Waals surface area contributed by atoms with Crippen molar-refractivity contribution >= 4 is 45.6 Å². The van der Waals surface area contributed by atoms with E-state index < -0.39 is 14.6 Å². The smallest absolute Gasteiger partial charge is 0.216 e. The van der Waals surface area contributed by atoms with E-state index >= 15 is 0 Å². The second kappa shape index (κ2) is 5.71. The van der Waals surface area contributed by atoms with Crippen molar-refractivity contribution in [3.05, 3.63) is 54.1 Å². The minimum absolute atomic E-state index is 0.132. The molecule has 6 heteroatoms. The summed E-state index contributed by atoms with van der Waals surface area (Å²) in [4.78, 5) is 1.20. The molecule has 2 aromatic rings. The molecule has 2 rings (SSSR count). The monoisotopic (exact) mass is 334 g/mol. The summed E-state index contributed by atoms with van der Waals surface area (Å²) in [6.45, 7) is 0. The zero-order chi connectivity index (χ0) is 14.0. The van der Waals surface area contributed by atoms with Crippen LogP contribution < -0.4 is 0 Å². The van der Waals surface area contributed by atoms with Crippen LogP contribution in [0.1, 0.15) is 5.56 Å². The second-order valence-corrected chi connectivity index (χ2v) is 7.55. The summed E-state index contributed by atoms with van der Waals surface area (Å²) in [7, 11) is -1.33. The molecule has 1 atom stereocenters. The molecule has 1 N–H and O–H groups in total. The molecular formula is C13H9Cl3O2S. The van der Waals surface area contributed by atoms with Gasteiger partial charge in [0.25, 0.3) is 0 Å². The normalized spacial score (nSPS) is 13.2. The molecule has 100 valence electrons. The van der Waals surface area contributed by atoms with Gasteiger partial charge in [-0.15, -0.1) is 0 Å². The van der Waals surface area contributed by atoms with Gasteiger partial charge in [0.1, 0.15) is 5.75 Å². The van der Waals surface area contributed by atoms with Gasteiger partial charge in [0.15, 0.2) is 0 Å². The van der Waals surface area contributed by atoms with Crippen LogP contribution in [0.15, 0.2) is 58.3 Å². The number of benzene rings is 2. The summed E-state index contributed by atoms with van der Waals surface area (Å²) in [6.07, 6.45) is 0. The molecule has 0 amide bonds. The Labute approximate surface area is 128 Å². The fraction of sp³-hybridized carbons (Fsp3) is 0.0769. The third kappa shape index (κ3) is 3.63. The van der Waals surface area contributed by atoms with Crippen LogP contribution in [0.4, 0.5) is 0 Å². The summed E-state index contributed by atoms with van der Waals surface area (Å²) < 4.78 is 10.8. The largest absolute Gasteiger partial charge is 0.508 e. The minimum Gasteiger partial charge on any atom is -0.508 e. The van der Waals surface area contributed by atoms with E-state index in [0.717, 1.165) is 0 Å². The van der Waals surface area contributed by atoms with Gasteiger partial charge < -0.3 is 5.11 Å². The van der Waals surface area contributed by atoms with Gasteiger partial charge >= 0.3 is 0 Å². The Hall–Kier alpha value is -0.740. The van der Waals surface area contributed by atoms with E-state index in [1.165, 1.54) is 12.1 Å². The first-order valence-corrected chi connectivity index (χ1v) is 7.54. The lowest BCUT2D eigenvalue weighted by atomic mass is 10.2. The van der Waals surface area contributed by atoms with Crippen LogP contribution in [0.25, 0.3) is 0 Å². The van der Waals surface area contributed by atoms with Crippen LogP contribution in [0.5, 0.6) is 5.75 Å². The Kier molecular flexibility index (Phi) is 4.41. The van der Waals surface area contributed by atoms with Crippen molar-refractivity contribution in [3.63, 3.8) is 0 Å². The molecule has 0 heterocycles. The lowest BCUT2D eigenvalue weighted by Crippen LogP contribution is -2.00.